The largest absolute Gasteiger partial charge is 0.393 e. The van der Waals surface area contributed by atoms with Crippen molar-refractivity contribution in [2.45, 2.75) is 44.9 Å². The van der Waals surface area contributed by atoms with Gasteiger partial charge >= 0.3 is 0 Å². The van der Waals surface area contributed by atoms with Crippen LogP contribution in [0.5, 0.6) is 0 Å². The number of aryl methyl sites for hydroxylation is 1. The Balaban J connectivity index is 1.34. The Morgan fingerprint density at radius 1 is 1.15 bits per heavy atom. The summed E-state index contributed by atoms with van der Waals surface area (Å²) in [5, 5.41) is 14.6. The highest BCUT2D eigenvalue weighted by Crippen LogP contribution is 2.26. The molecule has 0 bridgehead atoms. The molecule has 0 radical (unpaired) electrons. The van der Waals surface area contributed by atoms with Gasteiger partial charge in [-0.2, -0.15) is 5.10 Å². The van der Waals surface area contributed by atoms with Crippen LogP contribution in [0.2, 0.25) is 0 Å². The minimum absolute atomic E-state index is 0.115. The van der Waals surface area contributed by atoms with Crippen molar-refractivity contribution < 1.29 is 14.6 Å². The zero-order chi connectivity index (χ0) is 22.8. The van der Waals surface area contributed by atoms with E-state index in [9.17, 15) is 9.90 Å². The molecule has 0 saturated carbocycles. The number of aromatic nitrogens is 3. The standard InChI is InChI=1S/C25H31N5O3/c1-18-21(16-28-11-8-20(31)9-12-28)25-26-10-7-22(30(25)27-18)23-17-29(13-14-33-23)24(32)15-19-5-3-2-4-6-19/h2-7,10,20,23,31H,8-9,11-17H2,1H3. The number of amides is 1. The fourth-order valence-corrected chi connectivity index (χ4v) is 4.78. The number of aliphatic hydroxyl groups excluding tert-OH is 1. The lowest BCUT2D eigenvalue weighted by molar-refractivity contribution is -0.138. The Kier molecular flexibility index (Phi) is 6.39. The summed E-state index contributed by atoms with van der Waals surface area (Å²) in [5.74, 6) is 0.115. The highest BCUT2D eigenvalue weighted by Gasteiger charge is 2.28. The molecular formula is C25H31N5O3. The first-order valence-corrected chi connectivity index (χ1v) is 11.8. The number of aliphatic hydroxyl groups is 1. The number of piperidine rings is 1. The second kappa shape index (κ2) is 9.59. The monoisotopic (exact) mass is 449 g/mol. The Labute approximate surface area is 193 Å². The van der Waals surface area contributed by atoms with Crippen LogP contribution >= 0.6 is 0 Å². The number of likely N-dealkylation sites (tertiary alicyclic amines) is 1. The van der Waals surface area contributed by atoms with E-state index in [1.807, 2.05) is 58.9 Å². The number of rotatable bonds is 5. The molecule has 0 spiro atoms. The number of fused-ring (bicyclic) bond motifs is 1. The molecule has 2 aliphatic heterocycles. The lowest BCUT2D eigenvalue weighted by Gasteiger charge is -2.33. The zero-order valence-corrected chi connectivity index (χ0v) is 19.1. The van der Waals surface area contributed by atoms with Crippen molar-refractivity contribution in [2.24, 2.45) is 0 Å². The molecule has 8 heteroatoms. The molecule has 2 fully saturated rings. The Bertz CT molecular complexity index is 1110. The fraction of sp³-hybridized carbons (Fsp3) is 0.480. The number of ether oxygens (including phenoxy) is 1. The van der Waals surface area contributed by atoms with Gasteiger partial charge in [0.2, 0.25) is 5.91 Å². The van der Waals surface area contributed by atoms with Gasteiger partial charge in [0.25, 0.3) is 0 Å². The van der Waals surface area contributed by atoms with E-state index in [-0.39, 0.29) is 18.1 Å². The van der Waals surface area contributed by atoms with Gasteiger partial charge in [-0.15, -0.1) is 0 Å². The molecule has 1 aromatic carbocycles. The number of nitrogens with zero attached hydrogens (tertiary/aromatic N) is 5. The molecule has 3 aromatic rings. The zero-order valence-electron chi connectivity index (χ0n) is 19.1. The van der Waals surface area contributed by atoms with Crippen molar-refractivity contribution in [2.75, 3.05) is 32.8 Å². The number of hydrogen-bond acceptors (Lipinski definition) is 6. The lowest BCUT2D eigenvalue weighted by atomic mass is 10.1. The fourth-order valence-electron chi connectivity index (χ4n) is 4.78. The van der Waals surface area contributed by atoms with Gasteiger partial charge in [0.1, 0.15) is 6.10 Å². The van der Waals surface area contributed by atoms with E-state index in [2.05, 4.69) is 9.88 Å². The third-order valence-electron chi connectivity index (χ3n) is 6.73. The van der Waals surface area contributed by atoms with Crippen LogP contribution in [0.4, 0.5) is 0 Å². The molecule has 8 nitrogen and oxygen atoms in total. The van der Waals surface area contributed by atoms with Gasteiger partial charge in [-0.25, -0.2) is 9.50 Å². The molecule has 2 aromatic heterocycles. The maximum Gasteiger partial charge on any atom is 0.227 e. The van der Waals surface area contributed by atoms with Crippen LogP contribution in [-0.2, 0) is 22.5 Å². The van der Waals surface area contributed by atoms with Gasteiger partial charge in [0.15, 0.2) is 5.65 Å². The maximum atomic E-state index is 12.9. The highest BCUT2D eigenvalue weighted by molar-refractivity contribution is 5.78. The summed E-state index contributed by atoms with van der Waals surface area (Å²) in [5.41, 5.74) is 4.84. The average molecular weight is 450 g/mol. The van der Waals surface area contributed by atoms with Crippen molar-refractivity contribution in [3.63, 3.8) is 0 Å². The second-order valence-electron chi connectivity index (χ2n) is 9.04. The summed E-state index contributed by atoms with van der Waals surface area (Å²) < 4.78 is 7.98. The summed E-state index contributed by atoms with van der Waals surface area (Å²) in [7, 11) is 0. The van der Waals surface area contributed by atoms with Crippen LogP contribution in [0, 0.1) is 6.92 Å². The molecule has 1 unspecified atom stereocenters. The minimum Gasteiger partial charge on any atom is -0.393 e. The Hall–Kier alpha value is -2.81. The van der Waals surface area contributed by atoms with E-state index in [1.54, 1.807) is 0 Å². The number of hydrogen-bond donors (Lipinski definition) is 1. The van der Waals surface area contributed by atoms with Gasteiger partial charge in [0.05, 0.1) is 37.1 Å². The summed E-state index contributed by atoms with van der Waals surface area (Å²) >= 11 is 0. The van der Waals surface area contributed by atoms with Crippen LogP contribution in [-0.4, -0.2) is 74.3 Å². The van der Waals surface area contributed by atoms with Crippen molar-refractivity contribution in [3.8, 4) is 0 Å². The molecule has 4 heterocycles. The van der Waals surface area contributed by atoms with Gasteiger partial charge in [-0.3, -0.25) is 9.69 Å². The third kappa shape index (κ3) is 4.78. The topological polar surface area (TPSA) is 83.2 Å². The summed E-state index contributed by atoms with van der Waals surface area (Å²) in [6.45, 7) is 6.14. The molecule has 2 saturated heterocycles. The molecule has 1 atom stereocenters. The van der Waals surface area contributed by atoms with E-state index in [1.165, 1.54) is 0 Å². The highest BCUT2D eigenvalue weighted by atomic mass is 16.5. The first-order chi connectivity index (χ1) is 16.1. The average Bonchev–Trinajstić information content (AvgIpc) is 3.16. The van der Waals surface area contributed by atoms with Crippen LogP contribution in [0.1, 0.15) is 41.5 Å². The maximum absolute atomic E-state index is 12.9. The minimum atomic E-state index is -0.249. The van der Waals surface area contributed by atoms with E-state index in [0.717, 1.165) is 60.6 Å². The van der Waals surface area contributed by atoms with Crippen LogP contribution in [0.25, 0.3) is 5.65 Å². The van der Waals surface area contributed by atoms with Gasteiger partial charge in [-0.05, 0) is 31.4 Å². The molecule has 0 aliphatic carbocycles. The van der Waals surface area contributed by atoms with Crippen LogP contribution in [0.3, 0.4) is 0 Å². The van der Waals surface area contributed by atoms with Crippen LogP contribution < -0.4 is 0 Å². The molecule has 174 valence electrons. The number of benzene rings is 1. The quantitative estimate of drug-likeness (QED) is 0.643. The van der Waals surface area contributed by atoms with Crippen molar-refractivity contribution in [1.29, 1.82) is 0 Å². The Morgan fingerprint density at radius 3 is 2.73 bits per heavy atom. The summed E-state index contributed by atoms with van der Waals surface area (Å²) in [4.78, 5) is 21.8. The van der Waals surface area contributed by atoms with Crippen molar-refractivity contribution in [1.82, 2.24) is 24.4 Å². The second-order valence-corrected chi connectivity index (χ2v) is 9.04. The molecule has 33 heavy (non-hydrogen) atoms. The van der Waals surface area contributed by atoms with E-state index >= 15 is 0 Å². The third-order valence-corrected chi connectivity index (χ3v) is 6.73. The van der Waals surface area contributed by atoms with E-state index in [0.29, 0.717) is 26.1 Å². The number of morpholine rings is 1. The Morgan fingerprint density at radius 2 is 1.94 bits per heavy atom. The number of carbonyl (C=O) groups is 1. The van der Waals surface area contributed by atoms with E-state index in [4.69, 9.17) is 9.84 Å². The first-order valence-electron chi connectivity index (χ1n) is 11.8. The van der Waals surface area contributed by atoms with E-state index < -0.39 is 0 Å². The molecule has 1 amide bonds. The summed E-state index contributed by atoms with van der Waals surface area (Å²) in [6.07, 6.45) is 3.38. The van der Waals surface area contributed by atoms with Crippen molar-refractivity contribution in [3.05, 3.63) is 65.1 Å². The molecular weight excluding hydrogens is 418 g/mol. The number of carbonyl (C=O) groups excluding carboxylic acids is 1. The SMILES string of the molecule is Cc1nn2c(C3CN(C(=O)Cc4ccccc4)CCO3)ccnc2c1CN1CCC(O)CC1. The normalized spacial score (nSPS) is 20.4. The lowest BCUT2D eigenvalue weighted by Crippen LogP contribution is -2.43. The summed E-state index contributed by atoms with van der Waals surface area (Å²) in [6, 6.07) is 11.8. The molecule has 5 rings (SSSR count). The first kappa shape index (κ1) is 22.0. The van der Waals surface area contributed by atoms with Gasteiger partial charge < -0.3 is 14.7 Å². The smallest absolute Gasteiger partial charge is 0.227 e. The molecule has 2 aliphatic rings. The molecule has 1 N–H and O–H groups in total. The van der Waals surface area contributed by atoms with Gasteiger partial charge in [-0.1, -0.05) is 30.3 Å². The van der Waals surface area contributed by atoms with Gasteiger partial charge in [0, 0.05) is 37.9 Å². The predicted molar refractivity (Wildman–Crippen MR) is 124 cm³/mol. The van der Waals surface area contributed by atoms with Crippen LogP contribution in [0.15, 0.2) is 42.6 Å². The predicted octanol–water partition coefficient (Wildman–Crippen LogP) is 2.14. The van der Waals surface area contributed by atoms with Crippen molar-refractivity contribution >= 4 is 11.6 Å².